The zero-order valence-corrected chi connectivity index (χ0v) is 11.2. The van der Waals surface area contributed by atoms with E-state index in [0.717, 1.165) is 19.3 Å². The summed E-state index contributed by atoms with van der Waals surface area (Å²) in [7, 11) is 0. The third-order valence-corrected chi connectivity index (χ3v) is 2.98. The van der Waals surface area contributed by atoms with Crippen molar-refractivity contribution in [3.05, 3.63) is 28.5 Å². The first-order chi connectivity index (χ1) is 7.75. The summed E-state index contributed by atoms with van der Waals surface area (Å²) >= 11 is 8.85. The molecule has 0 aliphatic heterocycles. The van der Waals surface area contributed by atoms with Crippen molar-refractivity contribution in [2.24, 2.45) is 0 Å². The Balaban J connectivity index is 2.33. The van der Waals surface area contributed by atoms with Crippen LogP contribution in [0.15, 0.2) is 22.8 Å². The predicted octanol–water partition coefficient (Wildman–Crippen LogP) is 2.98. The second-order valence-electron chi connectivity index (χ2n) is 3.34. The molecule has 0 atom stereocenters. The Bertz CT molecular complexity index is 347. The van der Waals surface area contributed by atoms with Crippen molar-refractivity contribution in [2.45, 2.75) is 19.3 Å². The van der Waals surface area contributed by atoms with Gasteiger partial charge in [0.2, 0.25) is 0 Å². The molecule has 1 rings (SSSR count). The molecule has 0 saturated carbocycles. The highest BCUT2D eigenvalue weighted by molar-refractivity contribution is 9.10. The SMILES string of the molecule is O=C(NCCCCCCl)c1ncccc1Br. The Morgan fingerprint density at radius 1 is 1.44 bits per heavy atom. The van der Waals surface area contributed by atoms with E-state index in [1.807, 2.05) is 0 Å². The Labute approximate surface area is 109 Å². The molecule has 0 aliphatic rings. The molecule has 0 spiro atoms. The highest BCUT2D eigenvalue weighted by Gasteiger charge is 2.09. The van der Waals surface area contributed by atoms with Gasteiger partial charge in [0.15, 0.2) is 0 Å². The molecule has 1 aromatic rings. The molecule has 1 amide bonds. The molecule has 5 heteroatoms. The van der Waals surface area contributed by atoms with Crippen molar-refractivity contribution in [1.29, 1.82) is 0 Å². The van der Waals surface area contributed by atoms with E-state index < -0.39 is 0 Å². The summed E-state index contributed by atoms with van der Waals surface area (Å²) < 4.78 is 0.716. The fourth-order valence-electron chi connectivity index (χ4n) is 1.23. The molecule has 1 heterocycles. The number of carbonyl (C=O) groups excluding carboxylic acids is 1. The minimum atomic E-state index is -0.140. The zero-order valence-electron chi connectivity index (χ0n) is 8.88. The minimum absolute atomic E-state index is 0.140. The molecule has 0 saturated heterocycles. The number of nitrogens with zero attached hydrogens (tertiary/aromatic N) is 1. The van der Waals surface area contributed by atoms with Crippen LogP contribution in [0, 0.1) is 0 Å². The van der Waals surface area contributed by atoms with Crippen LogP contribution < -0.4 is 5.32 Å². The summed E-state index contributed by atoms with van der Waals surface area (Å²) in [6, 6.07) is 3.58. The van der Waals surface area contributed by atoms with Crippen LogP contribution >= 0.6 is 27.5 Å². The minimum Gasteiger partial charge on any atom is -0.351 e. The lowest BCUT2D eigenvalue weighted by Crippen LogP contribution is -2.25. The molecule has 0 fully saturated rings. The topological polar surface area (TPSA) is 42.0 Å². The Hall–Kier alpha value is -0.610. The number of hydrogen-bond donors (Lipinski definition) is 1. The van der Waals surface area contributed by atoms with Crippen LogP contribution in [0.3, 0.4) is 0 Å². The molecule has 3 nitrogen and oxygen atoms in total. The summed E-state index contributed by atoms with van der Waals surface area (Å²) in [5.41, 5.74) is 0.430. The lowest BCUT2D eigenvalue weighted by atomic mass is 10.2. The van der Waals surface area contributed by atoms with Gasteiger partial charge >= 0.3 is 0 Å². The third kappa shape index (κ3) is 4.49. The smallest absolute Gasteiger partial charge is 0.271 e. The summed E-state index contributed by atoms with van der Waals surface area (Å²) in [6.07, 6.45) is 4.58. The average Bonchev–Trinajstić information content (AvgIpc) is 2.29. The standard InChI is InChI=1S/C11H14BrClN2O/c12-9-5-4-8-14-10(9)11(16)15-7-3-1-2-6-13/h4-5,8H,1-3,6-7H2,(H,15,16). The number of hydrogen-bond acceptors (Lipinski definition) is 2. The molecule has 16 heavy (non-hydrogen) atoms. The van der Waals surface area contributed by atoms with Crippen molar-refractivity contribution in [1.82, 2.24) is 10.3 Å². The van der Waals surface area contributed by atoms with E-state index >= 15 is 0 Å². The Morgan fingerprint density at radius 3 is 2.94 bits per heavy atom. The van der Waals surface area contributed by atoms with Gasteiger partial charge in [-0.2, -0.15) is 0 Å². The quantitative estimate of drug-likeness (QED) is 0.648. The zero-order chi connectivity index (χ0) is 11.8. The van der Waals surface area contributed by atoms with Gasteiger partial charge in [0.25, 0.3) is 5.91 Å². The molecule has 0 unspecified atom stereocenters. The van der Waals surface area contributed by atoms with Gasteiger partial charge < -0.3 is 5.32 Å². The number of alkyl halides is 1. The Kier molecular flexibility index (Phi) is 6.42. The number of halogens is 2. The molecular formula is C11H14BrClN2O. The Morgan fingerprint density at radius 2 is 2.25 bits per heavy atom. The van der Waals surface area contributed by atoms with Crippen molar-refractivity contribution in [3.8, 4) is 0 Å². The predicted molar refractivity (Wildman–Crippen MR) is 68.8 cm³/mol. The van der Waals surface area contributed by atoms with E-state index in [4.69, 9.17) is 11.6 Å². The van der Waals surface area contributed by atoms with Gasteiger partial charge in [-0.3, -0.25) is 4.79 Å². The third-order valence-electron chi connectivity index (χ3n) is 2.07. The summed E-state index contributed by atoms with van der Waals surface area (Å²) in [5.74, 6) is 0.540. The van der Waals surface area contributed by atoms with Crippen LogP contribution in [0.5, 0.6) is 0 Å². The molecule has 0 bridgehead atoms. The summed E-state index contributed by atoms with van der Waals surface area (Å²) in [5, 5.41) is 2.82. The maximum Gasteiger partial charge on any atom is 0.271 e. The summed E-state index contributed by atoms with van der Waals surface area (Å²) in [6.45, 7) is 0.665. The van der Waals surface area contributed by atoms with Gasteiger partial charge in [-0.25, -0.2) is 4.98 Å². The first-order valence-corrected chi connectivity index (χ1v) is 6.53. The maximum atomic E-state index is 11.7. The molecule has 1 aromatic heterocycles. The van der Waals surface area contributed by atoms with E-state index in [1.54, 1.807) is 18.3 Å². The van der Waals surface area contributed by atoms with Gasteiger partial charge in [-0.1, -0.05) is 6.42 Å². The van der Waals surface area contributed by atoms with Gasteiger partial charge in [0.05, 0.1) is 0 Å². The number of pyridine rings is 1. The molecule has 0 aromatic carbocycles. The van der Waals surface area contributed by atoms with Crippen molar-refractivity contribution in [2.75, 3.05) is 12.4 Å². The first kappa shape index (κ1) is 13.5. The second kappa shape index (κ2) is 7.63. The normalized spacial score (nSPS) is 10.1. The number of nitrogens with one attached hydrogen (secondary N) is 1. The largest absolute Gasteiger partial charge is 0.351 e. The second-order valence-corrected chi connectivity index (χ2v) is 4.57. The van der Waals surface area contributed by atoms with Crippen LogP contribution in [0.4, 0.5) is 0 Å². The number of carbonyl (C=O) groups is 1. The van der Waals surface area contributed by atoms with Crippen LogP contribution in [-0.2, 0) is 0 Å². The maximum absolute atomic E-state index is 11.7. The van der Waals surface area contributed by atoms with Gasteiger partial charge in [-0.15, -0.1) is 11.6 Å². The molecule has 0 aliphatic carbocycles. The van der Waals surface area contributed by atoms with Crippen LogP contribution in [0.2, 0.25) is 0 Å². The van der Waals surface area contributed by atoms with E-state index in [-0.39, 0.29) is 5.91 Å². The van der Waals surface area contributed by atoms with E-state index in [2.05, 4.69) is 26.2 Å². The van der Waals surface area contributed by atoms with Gasteiger partial charge in [0, 0.05) is 23.1 Å². The molecule has 88 valence electrons. The monoisotopic (exact) mass is 304 g/mol. The van der Waals surface area contributed by atoms with Crippen molar-refractivity contribution >= 4 is 33.4 Å². The summed E-state index contributed by atoms with van der Waals surface area (Å²) in [4.78, 5) is 15.7. The average molecular weight is 306 g/mol. The van der Waals surface area contributed by atoms with Gasteiger partial charge in [0.1, 0.15) is 5.69 Å². The van der Waals surface area contributed by atoms with Crippen LogP contribution in [0.1, 0.15) is 29.8 Å². The number of unbranched alkanes of at least 4 members (excludes halogenated alkanes) is 2. The van der Waals surface area contributed by atoms with Crippen LogP contribution in [0.25, 0.3) is 0 Å². The van der Waals surface area contributed by atoms with Crippen LogP contribution in [-0.4, -0.2) is 23.3 Å². The van der Waals surface area contributed by atoms with Crippen molar-refractivity contribution in [3.63, 3.8) is 0 Å². The fourth-order valence-corrected chi connectivity index (χ4v) is 1.86. The number of aromatic nitrogens is 1. The number of rotatable bonds is 6. The molecular weight excluding hydrogens is 291 g/mol. The lowest BCUT2D eigenvalue weighted by Gasteiger charge is -2.05. The highest BCUT2D eigenvalue weighted by atomic mass is 79.9. The molecule has 0 radical (unpaired) electrons. The molecule has 1 N–H and O–H groups in total. The lowest BCUT2D eigenvalue weighted by molar-refractivity contribution is 0.0947. The first-order valence-electron chi connectivity index (χ1n) is 5.20. The van der Waals surface area contributed by atoms with Crippen molar-refractivity contribution < 1.29 is 4.79 Å². The van der Waals surface area contributed by atoms with E-state index in [1.165, 1.54) is 0 Å². The fraction of sp³-hybridized carbons (Fsp3) is 0.455. The van der Waals surface area contributed by atoms with E-state index in [0.29, 0.717) is 22.6 Å². The van der Waals surface area contributed by atoms with Gasteiger partial charge in [-0.05, 0) is 40.9 Å². The van der Waals surface area contributed by atoms with E-state index in [9.17, 15) is 4.79 Å². The highest BCUT2D eigenvalue weighted by Crippen LogP contribution is 2.12. The number of amides is 1.